The summed E-state index contributed by atoms with van der Waals surface area (Å²) in [7, 11) is 3.60. The maximum atomic E-state index is 12.4. The lowest BCUT2D eigenvalue weighted by Crippen LogP contribution is -2.43. The predicted molar refractivity (Wildman–Crippen MR) is 126 cm³/mol. The molecule has 2 heterocycles. The number of hydrogen-bond donors (Lipinski definition) is 0. The van der Waals surface area contributed by atoms with Crippen LogP contribution in [0.2, 0.25) is 0 Å². The van der Waals surface area contributed by atoms with Crippen LogP contribution in [-0.4, -0.2) is 59.5 Å². The highest BCUT2D eigenvalue weighted by Crippen LogP contribution is 2.47. The third-order valence-electron chi connectivity index (χ3n) is 6.52. The molecule has 176 valence electrons. The van der Waals surface area contributed by atoms with Gasteiger partial charge in [0.15, 0.2) is 0 Å². The van der Waals surface area contributed by atoms with Crippen molar-refractivity contribution in [3.05, 3.63) is 16.8 Å². The van der Waals surface area contributed by atoms with Crippen LogP contribution in [0.4, 0.5) is 4.79 Å². The van der Waals surface area contributed by atoms with E-state index >= 15 is 0 Å². The van der Waals surface area contributed by atoms with Crippen molar-refractivity contribution >= 4 is 27.6 Å². The molecule has 0 N–H and O–H groups in total. The number of aryl methyl sites for hydroxylation is 1. The van der Waals surface area contributed by atoms with E-state index in [9.17, 15) is 4.79 Å². The Morgan fingerprint density at radius 2 is 1.94 bits per heavy atom. The van der Waals surface area contributed by atoms with Crippen molar-refractivity contribution < 1.29 is 19.0 Å². The van der Waals surface area contributed by atoms with Crippen molar-refractivity contribution in [2.24, 2.45) is 0 Å². The summed E-state index contributed by atoms with van der Waals surface area (Å²) in [5.41, 5.74) is 0.905. The van der Waals surface area contributed by atoms with Gasteiger partial charge in [-0.2, -0.15) is 0 Å². The zero-order chi connectivity index (χ0) is 22.9. The topological polar surface area (TPSA) is 73.8 Å². The van der Waals surface area contributed by atoms with E-state index in [-0.39, 0.29) is 18.2 Å². The van der Waals surface area contributed by atoms with E-state index in [0.29, 0.717) is 5.92 Å². The molecule has 0 aromatic carbocycles. The molecule has 0 saturated heterocycles. The number of ether oxygens (including phenoxy) is 3. The maximum absolute atomic E-state index is 12.4. The van der Waals surface area contributed by atoms with Crippen molar-refractivity contribution in [1.82, 2.24) is 14.9 Å². The molecule has 32 heavy (non-hydrogen) atoms. The van der Waals surface area contributed by atoms with Gasteiger partial charge in [-0.05, 0) is 77.2 Å². The number of carbonyl (C=O) groups excluding carboxylic acids is 1. The van der Waals surface area contributed by atoms with Crippen molar-refractivity contribution in [2.45, 2.75) is 89.4 Å². The molecule has 2 aliphatic rings. The summed E-state index contributed by atoms with van der Waals surface area (Å²) in [5, 5.41) is 1.11. The summed E-state index contributed by atoms with van der Waals surface area (Å²) in [5.74, 6) is 1.21. The second-order valence-electron chi connectivity index (χ2n) is 9.95. The fourth-order valence-corrected chi connectivity index (χ4v) is 6.10. The lowest BCUT2D eigenvalue weighted by atomic mass is 9.92. The first-order valence-corrected chi connectivity index (χ1v) is 12.5. The Hall–Kier alpha value is -1.93. The van der Waals surface area contributed by atoms with Crippen molar-refractivity contribution in [3.63, 3.8) is 0 Å². The van der Waals surface area contributed by atoms with E-state index in [1.54, 1.807) is 29.7 Å². The van der Waals surface area contributed by atoms with Crippen LogP contribution >= 0.6 is 11.3 Å². The van der Waals surface area contributed by atoms with Gasteiger partial charge in [-0.25, -0.2) is 14.8 Å². The number of rotatable bonds is 6. The average molecular weight is 462 g/mol. The van der Waals surface area contributed by atoms with E-state index in [1.807, 2.05) is 27.8 Å². The molecule has 0 spiro atoms. The van der Waals surface area contributed by atoms with Gasteiger partial charge >= 0.3 is 6.09 Å². The van der Waals surface area contributed by atoms with Crippen molar-refractivity contribution in [3.8, 4) is 5.88 Å². The van der Waals surface area contributed by atoms with Crippen LogP contribution in [-0.2, 0) is 15.9 Å². The first kappa shape index (κ1) is 23.2. The lowest BCUT2D eigenvalue weighted by Gasteiger charge is -2.35. The molecule has 2 aliphatic carbocycles. The number of thiophene rings is 1. The Balaban J connectivity index is 1.43. The molecule has 1 saturated carbocycles. The minimum Gasteiger partial charge on any atom is -0.474 e. The van der Waals surface area contributed by atoms with E-state index in [4.69, 9.17) is 14.2 Å². The molecule has 7 nitrogen and oxygen atoms in total. The van der Waals surface area contributed by atoms with Gasteiger partial charge < -0.3 is 19.1 Å². The monoisotopic (exact) mass is 461 g/mol. The number of nitrogens with zero attached hydrogens (tertiary/aromatic N) is 3. The number of carbonyl (C=O) groups is 1. The first-order valence-electron chi connectivity index (χ1n) is 11.6. The van der Waals surface area contributed by atoms with Crippen LogP contribution in [0.15, 0.2) is 6.33 Å². The van der Waals surface area contributed by atoms with Gasteiger partial charge in [0, 0.05) is 31.7 Å². The molecule has 0 bridgehead atoms. The normalized spacial score (nSPS) is 23.2. The summed E-state index contributed by atoms with van der Waals surface area (Å²) in [6.07, 6.45) is 8.33. The van der Waals surface area contributed by atoms with E-state index in [2.05, 4.69) is 9.97 Å². The summed E-state index contributed by atoms with van der Waals surface area (Å²) in [4.78, 5) is 25.7. The predicted octanol–water partition coefficient (Wildman–Crippen LogP) is 5.31. The van der Waals surface area contributed by atoms with Crippen LogP contribution in [0.3, 0.4) is 0 Å². The van der Waals surface area contributed by atoms with Gasteiger partial charge in [0.05, 0.1) is 5.39 Å². The Kier molecular flexibility index (Phi) is 6.91. The SMILES string of the molecule is COCCC1CCc2sc3ncnc(OC4CCC(N(C)C(=O)OC(C)(C)C)CC4)c3c21. The van der Waals surface area contributed by atoms with Gasteiger partial charge in [-0.1, -0.05) is 0 Å². The van der Waals surface area contributed by atoms with Crippen LogP contribution < -0.4 is 4.74 Å². The third-order valence-corrected chi connectivity index (χ3v) is 7.69. The molecule has 0 radical (unpaired) electrons. The number of fused-ring (bicyclic) bond motifs is 3. The molecule has 2 aromatic heterocycles. The van der Waals surface area contributed by atoms with Crippen molar-refractivity contribution in [1.29, 1.82) is 0 Å². The fraction of sp³-hybridized carbons (Fsp3) is 0.708. The summed E-state index contributed by atoms with van der Waals surface area (Å²) in [6, 6.07) is 0.180. The van der Waals surface area contributed by atoms with Crippen LogP contribution in [0, 0.1) is 0 Å². The standard InChI is InChI=1S/C24H35N3O4S/c1-24(2,3)31-23(28)27(4)16-7-9-17(10-8-16)30-21-20-19-15(12-13-29-5)6-11-18(19)32-22(20)26-14-25-21/h14-17H,6-13H2,1-5H3. The zero-order valence-corrected chi connectivity index (χ0v) is 20.7. The second kappa shape index (κ2) is 9.51. The number of methoxy groups -OCH3 is 1. The largest absolute Gasteiger partial charge is 0.474 e. The van der Waals surface area contributed by atoms with Crippen molar-refractivity contribution in [2.75, 3.05) is 20.8 Å². The number of hydrogen-bond acceptors (Lipinski definition) is 7. The minimum absolute atomic E-state index is 0.103. The van der Waals surface area contributed by atoms with Crippen LogP contribution in [0.25, 0.3) is 10.2 Å². The Bertz CT molecular complexity index is 947. The quantitative estimate of drug-likeness (QED) is 0.580. The van der Waals surface area contributed by atoms with E-state index < -0.39 is 5.60 Å². The number of aromatic nitrogens is 2. The summed E-state index contributed by atoms with van der Waals surface area (Å²) in [6.45, 7) is 6.45. The summed E-state index contributed by atoms with van der Waals surface area (Å²) >= 11 is 1.78. The molecule has 2 aromatic rings. The highest BCUT2D eigenvalue weighted by molar-refractivity contribution is 7.19. The first-order chi connectivity index (χ1) is 15.3. The zero-order valence-electron chi connectivity index (χ0n) is 19.8. The van der Waals surface area contributed by atoms with Crippen LogP contribution in [0.1, 0.15) is 75.7 Å². The fourth-order valence-electron chi connectivity index (χ4n) is 4.87. The van der Waals surface area contributed by atoms with Crippen LogP contribution in [0.5, 0.6) is 5.88 Å². The third kappa shape index (κ3) is 5.01. The minimum atomic E-state index is -0.480. The Morgan fingerprint density at radius 3 is 2.62 bits per heavy atom. The van der Waals surface area contributed by atoms with E-state index in [0.717, 1.165) is 67.6 Å². The van der Waals surface area contributed by atoms with Gasteiger partial charge in [-0.15, -0.1) is 11.3 Å². The number of amides is 1. The van der Waals surface area contributed by atoms with Gasteiger partial charge in [0.25, 0.3) is 0 Å². The second-order valence-corrected chi connectivity index (χ2v) is 11.0. The highest BCUT2D eigenvalue weighted by atomic mass is 32.1. The highest BCUT2D eigenvalue weighted by Gasteiger charge is 2.33. The average Bonchev–Trinajstić information content (AvgIpc) is 3.30. The van der Waals surface area contributed by atoms with Gasteiger partial charge in [0.1, 0.15) is 22.9 Å². The molecule has 1 amide bonds. The Morgan fingerprint density at radius 1 is 1.19 bits per heavy atom. The molecule has 4 rings (SSSR count). The molecular weight excluding hydrogens is 426 g/mol. The molecule has 8 heteroatoms. The smallest absolute Gasteiger partial charge is 0.410 e. The molecule has 1 atom stereocenters. The Labute approximate surface area is 194 Å². The maximum Gasteiger partial charge on any atom is 0.410 e. The van der Waals surface area contributed by atoms with E-state index in [1.165, 1.54) is 10.4 Å². The van der Waals surface area contributed by atoms with Gasteiger partial charge in [-0.3, -0.25) is 0 Å². The molecule has 1 unspecified atom stereocenters. The molecule has 0 aliphatic heterocycles. The molecule has 1 fully saturated rings. The molecular formula is C24H35N3O4S. The van der Waals surface area contributed by atoms with Gasteiger partial charge in [0.2, 0.25) is 5.88 Å². The lowest BCUT2D eigenvalue weighted by molar-refractivity contribution is 0.0138. The summed E-state index contributed by atoms with van der Waals surface area (Å²) < 4.78 is 17.3.